The number of carboxylic acids is 1. The van der Waals surface area contributed by atoms with Crippen LogP contribution in [-0.2, 0) is 34.0 Å². The van der Waals surface area contributed by atoms with E-state index in [1.165, 1.54) is 5.69 Å². The molecule has 0 fully saturated rings. The van der Waals surface area contributed by atoms with Gasteiger partial charge in [0.15, 0.2) is 0 Å². The monoisotopic (exact) mass is 471 g/mol. The Balaban J connectivity index is 1.65. The summed E-state index contributed by atoms with van der Waals surface area (Å²) < 4.78 is 28.4. The van der Waals surface area contributed by atoms with Gasteiger partial charge in [0.05, 0.1) is 16.2 Å². The lowest BCUT2D eigenvalue weighted by atomic mass is 9.93. The largest absolute Gasteiger partial charge is 0.481 e. The van der Waals surface area contributed by atoms with Crippen molar-refractivity contribution in [3.8, 4) is 22.3 Å². The van der Waals surface area contributed by atoms with Crippen LogP contribution in [0.3, 0.4) is 0 Å². The minimum absolute atomic E-state index is 0.0468. The second-order valence-electron chi connectivity index (χ2n) is 8.50. The fourth-order valence-corrected chi connectivity index (χ4v) is 6.19. The van der Waals surface area contributed by atoms with Gasteiger partial charge in [0.2, 0.25) is 9.84 Å². The normalized spacial score (nSPS) is 13.1. The summed E-state index contributed by atoms with van der Waals surface area (Å²) in [6.07, 6.45) is 2.44. The van der Waals surface area contributed by atoms with Crippen molar-refractivity contribution in [2.75, 3.05) is 0 Å². The molecule has 1 aliphatic heterocycles. The molecule has 34 heavy (non-hydrogen) atoms. The molecular weight excluding hydrogens is 446 g/mol. The summed E-state index contributed by atoms with van der Waals surface area (Å²) in [5.41, 5.74) is 6.34. The molecular formula is C28H25NO4S. The maximum atomic E-state index is 13.1. The number of hydrogen-bond donors (Lipinski definition) is 1. The number of sulfone groups is 1. The highest BCUT2D eigenvalue weighted by atomic mass is 32.2. The lowest BCUT2D eigenvalue weighted by molar-refractivity contribution is -0.136. The van der Waals surface area contributed by atoms with Gasteiger partial charge in [-0.05, 0) is 54.7 Å². The number of carbonyl (C=O) groups is 1. The first kappa shape index (κ1) is 22.2. The van der Waals surface area contributed by atoms with E-state index in [1.54, 1.807) is 42.5 Å². The zero-order chi connectivity index (χ0) is 23.7. The van der Waals surface area contributed by atoms with E-state index >= 15 is 0 Å². The molecule has 5 nitrogen and oxygen atoms in total. The lowest BCUT2D eigenvalue weighted by Gasteiger charge is -2.12. The van der Waals surface area contributed by atoms with E-state index in [1.807, 2.05) is 30.3 Å². The van der Waals surface area contributed by atoms with Gasteiger partial charge in [-0.3, -0.25) is 4.79 Å². The number of rotatable bonds is 7. The topological polar surface area (TPSA) is 76.4 Å². The molecule has 1 aromatic heterocycles. The molecule has 0 unspecified atom stereocenters. The van der Waals surface area contributed by atoms with Crippen molar-refractivity contribution in [3.05, 3.63) is 96.3 Å². The fraction of sp³-hybridized carbons (Fsp3) is 0.179. The van der Waals surface area contributed by atoms with Crippen molar-refractivity contribution in [1.82, 2.24) is 4.57 Å². The van der Waals surface area contributed by atoms with Crippen LogP contribution in [0.4, 0.5) is 0 Å². The van der Waals surface area contributed by atoms with Crippen LogP contribution in [0, 0.1) is 0 Å². The average molecular weight is 472 g/mol. The van der Waals surface area contributed by atoms with Crippen LogP contribution in [0.1, 0.15) is 24.2 Å². The van der Waals surface area contributed by atoms with Crippen molar-refractivity contribution in [3.63, 3.8) is 0 Å². The molecule has 1 aliphatic rings. The van der Waals surface area contributed by atoms with E-state index in [0.29, 0.717) is 6.42 Å². The first-order valence-electron chi connectivity index (χ1n) is 11.4. The Labute approximate surface area is 199 Å². The Morgan fingerprint density at radius 2 is 1.38 bits per heavy atom. The summed E-state index contributed by atoms with van der Waals surface area (Å²) in [5.74, 6) is -0.829. The Bertz CT molecular complexity index is 1440. The van der Waals surface area contributed by atoms with Gasteiger partial charge >= 0.3 is 5.97 Å². The van der Waals surface area contributed by atoms with E-state index in [2.05, 4.69) is 16.7 Å². The zero-order valence-electron chi connectivity index (χ0n) is 18.6. The highest BCUT2D eigenvalue weighted by molar-refractivity contribution is 7.91. The molecule has 2 heterocycles. The standard InChI is InChI=1S/C28H25NO4S/c30-26(31)18-17-25-28(27(20-8-3-1-4-9-20)24-12-7-19-29(24)25)21-13-15-23(16-14-21)34(32,33)22-10-5-2-6-11-22/h1-6,8-11,13-16H,7,12,17-19H2,(H,30,31). The first-order valence-corrected chi connectivity index (χ1v) is 12.9. The van der Waals surface area contributed by atoms with Crippen molar-refractivity contribution >= 4 is 15.8 Å². The van der Waals surface area contributed by atoms with E-state index in [-0.39, 0.29) is 16.2 Å². The van der Waals surface area contributed by atoms with Crippen LogP contribution in [0.5, 0.6) is 0 Å². The molecule has 0 radical (unpaired) electrons. The number of aliphatic carboxylic acids is 1. The van der Waals surface area contributed by atoms with Crippen LogP contribution in [0.25, 0.3) is 22.3 Å². The summed E-state index contributed by atoms with van der Waals surface area (Å²) in [6.45, 7) is 0.866. The van der Waals surface area contributed by atoms with Gasteiger partial charge in [-0.15, -0.1) is 0 Å². The number of fused-ring (bicyclic) bond motifs is 1. The predicted molar refractivity (Wildman–Crippen MR) is 131 cm³/mol. The highest BCUT2D eigenvalue weighted by Gasteiger charge is 2.28. The average Bonchev–Trinajstić information content (AvgIpc) is 3.45. The molecule has 6 heteroatoms. The van der Waals surface area contributed by atoms with Gasteiger partial charge < -0.3 is 9.67 Å². The summed E-state index contributed by atoms with van der Waals surface area (Å²) in [6, 6.07) is 25.5. The second-order valence-corrected chi connectivity index (χ2v) is 10.4. The van der Waals surface area contributed by atoms with Crippen LogP contribution >= 0.6 is 0 Å². The Morgan fingerprint density at radius 3 is 2.03 bits per heavy atom. The van der Waals surface area contributed by atoms with Gasteiger partial charge in [0, 0.05) is 29.1 Å². The lowest BCUT2D eigenvalue weighted by Crippen LogP contribution is -2.05. The minimum Gasteiger partial charge on any atom is -0.481 e. The molecule has 0 saturated carbocycles. The molecule has 4 aromatic rings. The molecule has 172 valence electrons. The van der Waals surface area contributed by atoms with Crippen LogP contribution in [0.2, 0.25) is 0 Å². The van der Waals surface area contributed by atoms with E-state index in [0.717, 1.165) is 47.3 Å². The number of nitrogens with zero attached hydrogens (tertiary/aromatic N) is 1. The highest BCUT2D eigenvalue weighted by Crippen LogP contribution is 2.43. The number of benzene rings is 3. The Morgan fingerprint density at radius 1 is 0.794 bits per heavy atom. The Hall–Kier alpha value is -3.64. The summed E-state index contributed by atoms with van der Waals surface area (Å²) >= 11 is 0. The minimum atomic E-state index is -3.61. The van der Waals surface area contributed by atoms with Crippen LogP contribution < -0.4 is 0 Å². The van der Waals surface area contributed by atoms with E-state index in [9.17, 15) is 18.3 Å². The van der Waals surface area contributed by atoms with Gasteiger partial charge in [0.1, 0.15) is 0 Å². The predicted octanol–water partition coefficient (Wildman–Crippen LogP) is 5.62. The first-order chi connectivity index (χ1) is 16.5. The van der Waals surface area contributed by atoms with Crippen LogP contribution in [0.15, 0.2) is 94.7 Å². The Kier molecular flexibility index (Phi) is 5.84. The summed E-state index contributed by atoms with van der Waals surface area (Å²) in [7, 11) is -3.61. The molecule has 0 bridgehead atoms. The number of carboxylic acid groups (broad SMARTS) is 1. The molecule has 0 amide bonds. The summed E-state index contributed by atoms with van der Waals surface area (Å²) in [5, 5.41) is 9.37. The molecule has 1 N–H and O–H groups in total. The molecule has 0 aliphatic carbocycles. The third-order valence-electron chi connectivity index (χ3n) is 6.42. The zero-order valence-corrected chi connectivity index (χ0v) is 19.5. The SMILES string of the molecule is O=C(O)CCc1c(-c2ccc(S(=O)(=O)c3ccccc3)cc2)c(-c2ccccc2)c2n1CCC2. The summed E-state index contributed by atoms with van der Waals surface area (Å²) in [4.78, 5) is 11.9. The van der Waals surface area contributed by atoms with Crippen molar-refractivity contribution < 1.29 is 18.3 Å². The van der Waals surface area contributed by atoms with Crippen molar-refractivity contribution in [2.45, 2.75) is 42.0 Å². The van der Waals surface area contributed by atoms with Gasteiger partial charge in [-0.2, -0.15) is 0 Å². The van der Waals surface area contributed by atoms with E-state index in [4.69, 9.17) is 0 Å². The fourth-order valence-electron chi connectivity index (χ4n) is 4.90. The van der Waals surface area contributed by atoms with Crippen molar-refractivity contribution in [2.24, 2.45) is 0 Å². The van der Waals surface area contributed by atoms with Gasteiger partial charge in [-0.1, -0.05) is 60.7 Å². The smallest absolute Gasteiger partial charge is 0.303 e. The maximum Gasteiger partial charge on any atom is 0.303 e. The van der Waals surface area contributed by atoms with Gasteiger partial charge in [0.25, 0.3) is 0 Å². The molecule has 0 saturated heterocycles. The van der Waals surface area contributed by atoms with E-state index < -0.39 is 15.8 Å². The van der Waals surface area contributed by atoms with Crippen LogP contribution in [-0.4, -0.2) is 24.1 Å². The maximum absolute atomic E-state index is 13.1. The molecule has 5 rings (SSSR count). The third-order valence-corrected chi connectivity index (χ3v) is 8.20. The number of aromatic nitrogens is 1. The molecule has 0 spiro atoms. The van der Waals surface area contributed by atoms with Crippen molar-refractivity contribution in [1.29, 1.82) is 0 Å². The molecule has 0 atom stereocenters. The third kappa shape index (κ3) is 3.94. The quantitative estimate of drug-likeness (QED) is 0.380. The van der Waals surface area contributed by atoms with Gasteiger partial charge in [-0.25, -0.2) is 8.42 Å². The molecule has 3 aromatic carbocycles. The number of hydrogen-bond acceptors (Lipinski definition) is 3. The second kappa shape index (κ2) is 8.95.